The molecule has 0 atom stereocenters. The molecule has 3 nitrogen and oxygen atoms in total. The van der Waals surface area contributed by atoms with Crippen molar-refractivity contribution in [1.29, 1.82) is 0 Å². The number of hydrogen-bond donors (Lipinski definition) is 2. The highest BCUT2D eigenvalue weighted by Crippen LogP contribution is 2.52. The smallest absolute Gasteiger partial charge is 0.251 e. The number of carbonyl (C=O) groups is 1. The summed E-state index contributed by atoms with van der Waals surface area (Å²) < 4.78 is 13.9. The zero-order valence-electron chi connectivity index (χ0n) is 12.1. The van der Waals surface area contributed by atoms with E-state index < -0.39 is 5.82 Å². The number of nitrogens with one attached hydrogen (secondary N) is 1. The van der Waals surface area contributed by atoms with E-state index in [9.17, 15) is 9.18 Å². The van der Waals surface area contributed by atoms with Crippen molar-refractivity contribution < 1.29 is 9.18 Å². The van der Waals surface area contributed by atoms with E-state index in [2.05, 4.69) is 21.2 Å². The highest BCUT2D eigenvalue weighted by atomic mass is 79.9. The fourth-order valence-electron chi connectivity index (χ4n) is 3.45. The number of rotatable bonds is 2. The van der Waals surface area contributed by atoms with Crippen molar-refractivity contribution in [3.8, 4) is 0 Å². The number of carbonyl (C=O) groups excluding carboxylic acids is 1. The summed E-state index contributed by atoms with van der Waals surface area (Å²) in [5, 5.41) is 2.99. The Hall–Kier alpha value is -0.940. The maximum Gasteiger partial charge on any atom is 0.251 e. The summed E-state index contributed by atoms with van der Waals surface area (Å²) in [7, 11) is 0. The van der Waals surface area contributed by atoms with Gasteiger partial charge in [-0.2, -0.15) is 0 Å². The van der Waals surface area contributed by atoms with Crippen LogP contribution in [-0.2, 0) is 0 Å². The first kappa shape index (κ1) is 15.4. The average Bonchev–Trinajstić information content (AvgIpc) is 2.33. The fraction of sp³-hybridized carbons (Fsp3) is 0.533. The molecule has 0 saturated heterocycles. The number of benzene rings is 1. The summed E-state index contributed by atoms with van der Waals surface area (Å²) in [6.07, 6.45) is 0. The lowest BCUT2D eigenvalue weighted by Gasteiger charge is -2.62. The van der Waals surface area contributed by atoms with Crippen LogP contribution in [0.5, 0.6) is 0 Å². The third kappa shape index (κ3) is 2.37. The Balaban J connectivity index is 2.20. The lowest BCUT2D eigenvalue weighted by molar-refractivity contribution is -0.0663. The molecule has 1 aromatic carbocycles. The summed E-state index contributed by atoms with van der Waals surface area (Å²) in [5.74, 6) is -0.711. The SMILES string of the molecule is CC1(C)C(N)C(C)(C)C1NC(=O)c1cc(F)cc(Br)c1. The second-order valence-corrected chi connectivity index (χ2v) is 7.60. The maximum absolute atomic E-state index is 13.4. The van der Waals surface area contributed by atoms with Gasteiger partial charge in [-0.1, -0.05) is 43.6 Å². The van der Waals surface area contributed by atoms with E-state index in [0.29, 0.717) is 10.0 Å². The van der Waals surface area contributed by atoms with E-state index in [1.807, 2.05) is 27.7 Å². The van der Waals surface area contributed by atoms with Crippen LogP contribution in [0.3, 0.4) is 0 Å². The molecular formula is C15H20BrFN2O. The summed E-state index contributed by atoms with van der Waals surface area (Å²) in [5.41, 5.74) is 6.12. The Kier molecular flexibility index (Phi) is 3.71. The molecule has 2 rings (SSSR count). The molecule has 20 heavy (non-hydrogen) atoms. The molecule has 1 aromatic rings. The van der Waals surface area contributed by atoms with Gasteiger partial charge in [0.05, 0.1) is 0 Å². The Labute approximate surface area is 127 Å². The third-order valence-electron chi connectivity index (χ3n) is 4.49. The van der Waals surface area contributed by atoms with E-state index in [1.54, 1.807) is 6.07 Å². The van der Waals surface area contributed by atoms with E-state index in [4.69, 9.17) is 5.73 Å². The minimum atomic E-state index is -0.437. The Bertz CT molecular complexity index is 521. The van der Waals surface area contributed by atoms with Crippen LogP contribution in [0.15, 0.2) is 22.7 Å². The third-order valence-corrected chi connectivity index (χ3v) is 4.95. The molecular weight excluding hydrogens is 323 g/mol. The van der Waals surface area contributed by atoms with Gasteiger partial charge in [-0.3, -0.25) is 4.79 Å². The van der Waals surface area contributed by atoms with Gasteiger partial charge in [0.2, 0.25) is 0 Å². The van der Waals surface area contributed by atoms with Gasteiger partial charge in [-0.25, -0.2) is 4.39 Å². The second kappa shape index (κ2) is 4.81. The summed E-state index contributed by atoms with van der Waals surface area (Å²) >= 11 is 3.19. The van der Waals surface area contributed by atoms with Crippen LogP contribution in [-0.4, -0.2) is 18.0 Å². The number of amides is 1. The molecule has 0 bridgehead atoms. The highest BCUT2D eigenvalue weighted by Gasteiger charge is 2.60. The van der Waals surface area contributed by atoms with Gasteiger partial charge in [-0.05, 0) is 18.2 Å². The predicted molar refractivity (Wildman–Crippen MR) is 80.9 cm³/mol. The second-order valence-electron chi connectivity index (χ2n) is 6.69. The molecule has 0 unspecified atom stereocenters. The molecule has 0 radical (unpaired) electrons. The topological polar surface area (TPSA) is 55.1 Å². The van der Waals surface area contributed by atoms with E-state index in [1.165, 1.54) is 12.1 Å². The number of hydrogen-bond acceptors (Lipinski definition) is 2. The van der Waals surface area contributed by atoms with Crippen molar-refractivity contribution in [2.75, 3.05) is 0 Å². The normalized spacial score (nSPS) is 26.8. The summed E-state index contributed by atoms with van der Waals surface area (Å²) in [4.78, 5) is 12.3. The van der Waals surface area contributed by atoms with Crippen molar-refractivity contribution in [2.45, 2.75) is 39.8 Å². The van der Waals surface area contributed by atoms with E-state index in [0.717, 1.165) is 0 Å². The van der Waals surface area contributed by atoms with Gasteiger partial charge < -0.3 is 11.1 Å². The lowest BCUT2D eigenvalue weighted by Crippen LogP contribution is -2.76. The van der Waals surface area contributed by atoms with Gasteiger partial charge in [0.1, 0.15) is 5.82 Å². The Morgan fingerprint density at radius 1 is 1.25 bits per heavy atom. The standard InChI is InChI=1S/C15H20BrFN2O/c1-14(2)12(18)15(3,4)13(14)19-11(20)8-5-9(16)7-10(17)6-8/h5-7,12-13H,18H2,1-4H3,(H,19,20). The van der Waals surface area contributed by atoms with Crippen LogP contribution in [0.4, 0.5) is 4.39 Å². The first-order valence-electron chi connectivity index (χ1n) is 6.59. The van der Waals surface area contributed by atoms with Crippen LogP contribution in [0.1, 0.15) is 38.1 Å². The molecule has 5 heteroatoms. The largest absolute Gasteiger partial charge is 0.348 e. The maximum atomic E-state index is 13.4. The Morgan fingerprint density at radius 2 is 1.80 bits per heavy atom. The van der Waals surface area contributed by atoms with Crippen molar-refractivity contribution in [3.05, 3.63) is 34.1 Å². The van der Waals surface area contributed by atoms with Crippen LogP contribution in [0, 0.1) is 16.6 Å². The first-order chi connectivity index (χ1) is 9.06. The number of halogens is 2. The molecule has 0 aromatic heterocycles. The monoisotopic (exact) mass is 342 g/mol. The van der Waals surface area contributed by atoms with Crippen molar-refractivity contribution >= 4 is 21.8 Å². The van der Waals surface area contributed by atoms with Gasteiger partial charge in [0, 0.05) is 32.9 Å². The number of nitrogens with two attached hydrogens (primary N) is 1. The van der Waals surface area contributed by atoms with Crippen LogP contribution in [0.25, 0.3) is 0 Å². The van der Waals surface area contributed by atoms with Crippen molar-refractivity contribution in [1.82, 2.24) is 5.32 Å². The van der Waals surface area contributed by atoms with Crippen LogP contribution < -0.4 is 11.1 Å². The van der Waals surface area contributed by atoms with E-state index >= 15 is 0 Å². The van der Waals surface area contributed by atoms with Gasteiger partial charge in [0.15, 0.2) is 0 Å². The van der Waals surface area contributed by atoms with Gasteiger partial charge >= 0.3 is 0 Å². The molecule has 0 heterocycles. The summed E-state index contributed by atoms with van der Waals surface area (Å²) in [6, 6.07) is 4.14. The van der Waals surface area contributed by atoms with Crippen LogP contribution >= 0.6 is 15.9 Å². The lowest BCUT2D eigenvalue weighted by atomic mass is 9.48. The van der Waals surface area contributed by atoms with Gasteiger partial charge in [0.25, 0.3) is 5.91 Å². The highest BCUT2D eigenvalue weighted by molar-refractivity contribution is 9.10. The molecule has 1 saturated carbocycles. The molecule has 0 aliphatic heterocycles. The molecule has 0 spiro atoms. The van der Waals surface area contributed by atoms with Crippen LogP contribution in [0.2, 0.25) is 0 Å². The zero-order valence-corrected chi connectivity index (χ0v) is 13.7. The molecule has 3 N–H and O–H groups in total. The van der Waals surface area contributed by atoms with Gasteiger partial charge in [-0.15, -0.1) is 0 Å². The minimum Gasteiger partial charge on any atom is -0.348 e. The summed E-state index contributed by atoms with van der Waals surface area (Å²) in [6.45, 7) is 8.15. The average molecular weight is 343 g/mol. The molecule has 1 fully saturated rings. The Morgan fingerprint density at radius 3 is 2.30 bits per heavy atom. The fourth-order valence-corrected chi connectivity index (χ4v) is 3.92. The van der Waals surface area contributed by atoms with E-state index in [-0.39, 0.29) is 28.8 Å². The van der Waals surface area contributed by atoms with Crippen molar-refractivity contribution in [3.63, 3.8) is 0 Å². The first-order valence-corrected chi connectivity index (χ1v) is 7.38. The zero-order chi connectivity index (χ0) is 15.3. The molecule has 1 amide bonds. The molecule has 1 aliphatic carbocycles. The predicted octanol–water partition coefficient (Wildman–Crippen LogP) is 3.08. The minimum absolute atomic E-state index is 0.0135. The molecule has 110 valence electrons. The quantitative estimate of drug-likeness (QED) is 0.867. The van der Waals surface area contributed by atoms with Crippen molar-refractivity contribution in [2.24, 2.45) is 16.6 Å². The molecule has 1 aliphatic rings.